The number of fused-ring (bicyclic) bond motifs is 1. The second-order valence-electron chi connectivity index (χ2n) is 4.41. The number of hydrogen-bond donors (Lipinski definition) is 0. The molecule has 1 unspecified atom stereocenters. The van der Waals surface area contributed by atoms with E-state index in [1.54, 1.807) is 11.3 Å². The average Bonchev–Trinajstić information content (AvgIpc) is 2.92. The zero-order chi connectivity index (χ0) is 12.7. The quantitative estimate of drug-likeness (QED) is 0.684. The fraction of sp³-hybridized carbons (Fsp3) is 0.214. The van der Waals surface area contributed by atoms with Crippen LogP contribution in [0.2, 0.25) is 0 Å². The van der Waals surface area contributed by atoms with Gasteiger partial charge in [0.1, 0.15) is 18.4 Å². The van der Waals surface area contributed by atoms with E-state index in [2.05, 4.69) is 5.16 Å². The molecule has 3 heterocycles. The molecule has 1 atom stereocenters. The van der Waals surface area contributed by atoms with Crippen molar-refractivity contribution in [2.45, 2.75) is 6.10 Å². The Kier molecular flexibility index (Phi) is 2.53. The molecule has 4 rings (SSSR count). The van der Waals surface area contributed by atoms with Crippen LogP contribution >= 0.6 is 11.3 Å². The van der Waals surface area contributed by atoms with Gasteiger partial charge in [-0.15, -0.1) is 11.3 Å². The molecule has 0 amide bonds. The maximum absolute atomic E-state index is 5.72. The van der Waals surface area contributed by atoms with Crippen molar-refractivity contribution in [1.82, 2.24) is 5.16 Å². The smallest absolute Gasteiger partial charge is 0.209 e. The Hall–Kier alpha value is -1.85. The number of aromatic nitrogens is 1. The van der Waals surface area contributed by atoms with Crippen LogP contribution in [-0.4, -0.2) is 24.5 Å². The lowest BCUT2D eigenvalue weighted by Crippen LogP contribution is -2.03. The Morgan fingerprint density at radius 1 is 1.32 bits per heavy atom. The van der Waals surface area contributed by atoms with Gasteiger partial charge in [0.05, 0.1) is 16.9 Å². The molecule has 4 nitrogen and oxygen atoms in total. The highest BCUT2D eigenvalue weighted by Gasteiger charge is 2.24. The molecule has 1 aromatic carbocycles. The van der Waals surface area contributed by atoms with Gasteiger partial charge in [0.25, 0.3) is 0 Å². The van der Waals surface area contributed by atoms with E-state index in [9.17, 15) is 0 Å². The number of hydrogen-bond acceptors (Lipinski definition) is 5. The molecule has 0 N–H and O–H groups in total. The van der Waals surface area contributed by atoms with E-state index in [0.29, 0.717) is 12.2 Å². The van der Waals surface area contributed by atoms with Crippen LogP contribution in [0.3, 0.4) is 0 Å². The van der Waals surface area contributed by atoms with Gasteiger partial charge in [-0.05, 0) is 23.6 Å². The predicted octanol–water partition coefficient (Wildman–Crippen LogP) is 3.33. The van der Waals surface area contributed by atoms with E-state index in [1.165, 1.54) is 0 Å². The number of ether oxygens (including phenoxy) is 2. The maximum atomic E-state index is 5.72. The van der Waals surface area contributed by atoms with Gasteiger partial charge >= 0.3 is 0 Å². The highest BCUT2D eigenvalue weighted by Crippen LogP contribution is 2.35. The van der Waals surface area contributed by atoms with Gasteiger partial charge in [-0.2, -0.15) is 0 Å². The molecule has 0 saturated carbocycles. The second kappa shape index (κ2) is 4.36. The third-order valence-corrected chi connectivity index (χ3v) is 3.92. The van der Waals surface area contributed by atoms with E-state index in [-0.39, 0.29) is 6.10 Å². The van der Waals surface area contributed by atoms with Gasteiger partial charge in [0.15, 0.2) is 5.75 Å². The van der Waals surface area contributed by atoms with Crippen LogP contribution in [0, 0.1) is 0 Å². The Morgan fingerprint density at radius 2 is 2.26 bits per heavy atom. The summed E-state index contributed by atoms with van der Waals surface area (Å²) in [5.41, 5.74) is 1.57. The van der Waals surface area contributed by atoms with Gasteiger partial charge in [0, 0.05) is 0 Å². The van der Waals surface area contributed by atoms with Crippen LogP contribution in [0.4, 0.5) is 0 Å². The molecular weight excluding hydrogens is 262 g/mol. The van der Waals surface area contributed by atoms with Crippen molar-refractivity contribution in [1.29, 1.82) is 0 Å². The summed E-state index contributed by atoms with van der Waals surface area (Å²) in [6, 6.07) is 9.90. The van der Waals surface area contributed by atoms with Gasteiger partial charge in [-0.1, -0.05) is 17.3 Å². The van der Waals surface area contributed by atoms with Gasteiger partial charge in [-0.25, -0.2) is 0 Å². The van der Waals surface area contributed by atoms with E-state index in [1.807, 2.05) is 35.7 Å². The first-order valence-corrected chi connectivity index (χ1v) is 6.96. The molecule has 0 aliphatic carbocycles. The fourth-order valence-electron chi connectivity index (χ4n) is 1.99. The molecule has 0 bridgehead atoms. The number of benzene rings is 1. The first-order chi connectivity index (χ1) is 9.42. The third-order valence-electron chi connectivity index (χ3n) is 3.04. The minimum absolute atomic E-state index is 0.231. The lowest BCUT2D eigenvalue weighted by atomic mass is 10.2. The van der Waals surface area contributed by atoms with Crippen molar-refractivity contribution >= 4 is 22.3 Å². The Balaban J connectivity index is 1.75. The monoisotopic (exact) mass is 273 g/mol. The molecule has 1 aliphatic heterocycles. The molecule has 0 spiro atoms. The van der Waals surface area contributed by atoms with E-state index < -0.39 is 0 Å². The Morgan fingerprint density at radius 3 is 3.05 bits per heavy atom. The molecule has 19 heavy (non-hydrogen) atoms. The van der Waals surface area contributed by atoms with Crippen molar-refractivity contribution in [3.8, 4) is 16.3 Å². The largest absolute Gasteiger partial charge is 0.487 e. The van der Waals surface area contributed by atoms with Crippen LogP contribution in [0.25, 0.3) is 21.5 Å². The van der Waals surface area contributed by atoms with Crippen molar-refractivity contribution in [3.63, 3.8) is 0 Å². The molecule has 3 aromatic rings. The Labute approximate surface area is 113 Å². The number of rotatable bonds is 4. The highest BCUT2D eigenvalue weighted by atomic mass is 32.1. The molecule has 96 valence electrons. The SMILES string of the molecule is c1csc(-c2noc3c(OCC4CO4)cccc23)c1. The minimum Gasteiger partial charge on any atom is -0.487 e. The summed E-state index contributed by atoms with van der Waals surface area (Å²) in [6.07, 6.45) is 0.231. The molecule has 2 aromatic heterocycles. The lowest BCUT2D eigenvalue weighted by molar-refractivity contribution is 0.261. The number of thiophene rings is 1. The summed E-state index contributed by atoms with van der Waals surface area (Å²) in [6.45, 7) is 1.35. The summed E-state index contributed by atoms with van der Waals surface area (Å²) < 4.78 is 16.3. The van der Waals surface area contributed by atoms with Crippen molar-refractivity contribution in [3.05, 3.63) is 35.7 Å². The first-order valence-electron chi connectivity index (χ1n) is 6.08. The van der Waals surface area contributed by atoms with Gasteiger partial charge in [0.2, 0.25) is 5.58 Å². The third kappa shape index (κ3) is 2.01. The summed E-state index contributed by atoms with van der Waals surface area (Å²) in [5.74, 6) is 0.725. The van der Waals surface area contributed by atoms with Crippen molar-refractivity contribution in [2.24, 2.45) is 0 Å². The normalized spacial score (nSPS) is 17.8. The lowest BCUT2D eigenvalue weighted by Gasteiger charge is -2.03. The summed E-state index contributed by atoms with van der Waals surface area (Å²) in [7, 11) is 0. The topological polar surface area (TPSA) is 47.8 Å². The zero-order valence-electron chi connectivity index (χ0n) is 10.0. The highest BCUT2D eigenvalue weighted by molar-refractivity contribution is 7.13. The predicted molar refractivity (Wildman–Crippen MR) is 72.6 cm³/mol. The summed E-state index contributed by atoms with van der Waals surface area (Å²) in [4.78, 5) is 1.10. The zero-order valence-corrected chi connectivity index (χ0v) is 10.9. The standard InChI is InChI=1S/C14H11NO3S/c1-3-10-13(12-5-2-6-19-12)15-18-14(10)11(4-1)17-8-9-7-16-9/h1-6,9H,7-8H2. The van der Waals surface area contributed by atoms with Crippen LogP contribution < -0.4 is 4.74 Å². The van der Waals surface area contributed by atoms with Crippen LogP contribution in [0.5, 0.6) is 5.75 Å². The van der Waals surface area contributed by atoms with Crippen LogP contribution in [0.1, 0.15) is 0 Å². The Bertz CT molecular complexity index is 701. The number of nitrogens with zero attached hydrogens (tertiary/aromatic N) is 1. The van der Waals surface area contributed by atoms with E-state index >= 15 is 0 Å². The summed E-state index contributed by atoms with van der Waals surface area (Å²) >= 11 is 1.65. The summed E-state index contributed by atoms with van der Waals surface area (Å²) in [5, 5.41) is 7.18. The fourth-order valence-corrected chi connectivity index (χ4v) is 2.71. The molecule has 1 fully saturated rings. The van der Waals surface area contributed by atoms with Crippen molar-refractivity contribution < 1.29 is 14.0 Å². The maximum Gasteiger partial charge on any atom is 0.209 e. The molecule has 5 heteroatoms. The minimum atomic E-state index is 0.231. The first kappa shape index (κ1) is 11.0. The molecular formula is C14H11NO3S. The van der Waals surface area contributed by atoms with E-state index in [0.717, 1.165) is 28.3 Å². The van der Waals surface area contributed by atoms with Crippen LogP contribution in [0.15, 0.2) is 40.2 Å². The second-order valence-corrected chi connectivity index (χ2v) is 5.36. The van der Waals surface area contributed by atoms with Gasteiger partial charge < -0.3 is 14.0 Å². The van der Waals surface area contributed by atoms with Gasteiger partial charge in [-0.3, -0.25) is 0 Å². The number of para-hydroxylation sites is 1. The van der Waals surface area contributed by atoms with E-state index in [4.69, 9.17) is 14.0 Å². The number of epoxide rings is 1. The van der Waals surface area contributed by atoms with Crippen LogP contribution in [-0.2, 0) is 4.74 Å². The average molecular weight is 273 g/mol. The molecule has 1 saturated heterocycles. The molecule has 0 radical (unpaired) electrons. The molecule has 1 aliphatic rings. The van der Waals surface area contributed by atoms with Crippen molar-refractivity contribution in [2.75, 3.05) is 13.2 Å².